The van der Waals surface area contributed by atoms with Crippen molar-refractivity contribution in [3.63, 3.8) is 0 Å². The van der Waals surface area contributed by atoms with E-state index < -0.39 is 11.0 Å². The number of carbonyl (C=O) groups is 2. The molecule has 1 atom stereocenters. The highest BCUT2D eigenvalue weighted by atomic mass is 16.5. The van der Waals surface area contributed by atoms with Gasteiger partial charge in [-0.15, -0.1) is 5.11 Å². The van der Waals surface area contributed by atoms with Crippen molar-refractivity contribution in [1.82, 2.24) is 10.2 Å². The first-order valence-corrected chi connectivity index (χ1v) is 11.8. The first-order chi connectivity index (χ1) is 15.7. The first-order valence-electron chi connectivity index (χ1n) is 11.8. The number of aryl methyl sites for hydroxylation is 1. The summed E-state index contributed by atoms with van der Waals surface area (Å²) in [4.78, 5) is 28.3. The summed E-state index contributed by atoms with van der Waals surface area (Å²) in [6.07, 6.45) is 2.48. The summed E-state index contributed by atoms with van der Waals surface area (Å²) in [6.45, 7) is 8.43. The van der Waals surface area contributed by atoms with Crippen LogP contribution >= 0.6 is 0 Å². The molecule has 7 heteroatoms. The van der Waals surface area contributed by atoms with Crippen molar-refractivity contribution in [1.29, 1.82) is 0 Å². The Morgan fingerprint density at radius 1 is 1.21 bits per heavy atom. The monoisotopic (exact) mass is 446 g/mol. The molecule has 0 aromatic heterocycles. The molecule has 0 bridgehead atoms. The molecule has 0 radical (unpaired) electrons. The Morgan fingerprint density at radius 2 is 2.00 bits per heavy atom. The second-order valence-corrected chi connectivity index (χ2v) is 11.2. The van der Waals surface area contributed by atoms with Crippen LogP contribution in [0, 0.1) is 17.8 Å². The van der Waals surface area contributed by atoms with Crippen LogP contribution < -0.4 is 5.32 Å². The first kappa shape index (κ1) is 20.8. The maximum Gasteiger partial charge on any atom is 0.227 e. The number of nitrogens with zero attached hydrogens (tertiary/aromatic N) is 3. The summed E-state index contributed by atoms with van der Waals surface area (Å²) in [5.41, 5.74) is 4.21. The molecule has 5 aliphatic rings. The number of Topliss-reactive ketones (excluding diaryl/α,β-unsaturated/α-hetero) is 1. The quantitative estimate of drug-likeness (QED) is 0.754. The smallest absolute Gasteiger partial charge is 0.227 e. The molecule has 1 unspecified atom stereocenters. The fourth-order valence-corrected chi connectivity index (χ4v) is 6.46. The Bertz CT molecular complexity index is 1170. The van der Waals surface area contributed by atoms with Gasteiger partial charge in [-0.1, -0.05) is 38.1 Å². The van der Waals surface area contributed by atoms with E-state index in [0.29, 0.717) is 45.5 Å². The molecule has 2 saturated heterocycles. The fourth-order valence-electron chi connectivity index (χ4n) is 6.46. The van der Waals surface area contributed by atoms with E-state index in [0.717, 1.165) is 40.2 Å². The van der Waals surface area contributed by atoms with Crippen LogP contribution in [0.4, 0.5) is 0 Å². The number of benzene rings is 1. The van der Waals surface area contributed by atoms with Gasteiger partial charge in [0, 0.05) is 23.3 Å². The third kappa shape index (κ3) is 3.12. The topological polar surface area (TPSA) is 83.4 Å². The second-order valence-electron chi connectivity index (χ2n) is 11.2. The largest absolute Gasteiger partial charge is 0.370 e. The number of fused-ring (bicyclic) bond motifs is 2. The van der Waals surface area contributed by atoms with Crippen LogP contribution in [-0.4, -0.2) is 48.4 Å². The zero-order chi connectivity index (χ0) is 23.0. The number of ketones is 1. The molecular formula is C26H30N4O3. The second kappa shape index (κ2) is 6.86. The lowest BCUT2D eigenvalue weighted by Crippen LogP contribution is -2.64. The Balaban J connectivity index is 1.25. The van der Waals surface area contributed by atoms with Crippen LogP contribution in [0.5, 0.6) is 0 Å². The van der Waals surface area contributed by atoms with Crippen molar-refractivity contribution >= 4 is 11.7 Å². The Morgan fingerprint density at radius 3 is 2.79 bits per heavy atom. The van der Waals surface area contributed by atoms with Crippen molar-refractivity contribution in [2.75, 3.05) is 26.2 Å². The SMILES string of the molecule is Cc1ccccc1CC(=O)N1CC2(C1)CC1(CO2)C2=C(N=NC2)NC2=C1C(=O)CC(C)(C)C2. The third-order valence-electron chi connectivity index (χ3n) is 8.05. The number of carbonyl (C=O) groups excluding carboxylic acids is 2. The number of rotatable bonds is 2. The summed E-state index contributed by atoms with van der Waals surface area (Å²) in [6, 6.07) is 8.03. The molecule has 2 fully saturated rings. The molecule has 7 nitrogen and oxygen atoms in total. The molecule has 1 aliphatic carbocycles. The van der Waals surface area contributed by atoms with E-state index in [1.165, 1.54) is 0 Å². The summed E-state index contributed by atoms with van der Waals surface area (Å²) in [5, 5.41) is 12.1. The summed E-state index contributed by atoms with van der Waals surface area (Å²) in [7, 11) is 0. The van der Waals surface area contributed by atoms with Gasteiger partial charge in [0.2, 0.25) is 5.91 Å². The molecule has 2 spiro atoms. The summed E-state index contributed by atoms with van der Waals surface area (Å²) in [5.74, 6) is 1.14. The van der Waals surface area contributed by atoms with Crippen molar-refractivity contribution in [2.45, 2.75) is 52.1 Å². The molecule has 1 aromatic rings. The van der Waals surface area contributed by atoms with Crippen molar-refractivity contribution in [2.24, 2.45) is 21.1 Å². The molecule has 1 N–H and O–H groups in total. The zero-order valence-corrected chi connectivity index (χ0v) is 19.5. The van der Waals surface area contributed by atoms with Gasteiger partial charge in [0.05, 0.1) is 38.1 Å². The average Bonchev–Trinajstić information content (AvgIpc) is 3.33. The lowest BCUT2D eigenvalue weighted by molar-refractivity contribution is -0.157. The van der Waals surface area contributed by atoms with Gasteiger partial charge >= 0.3 is 0 Å². The van der Waals surface area contributed by atoms with Gasteiger partial charge in [0.15, 0.2) is 11.6 Å². The molecular weight excluding hydrogens is 416 g/mol. The molecule has 1 aromatic carbocycles. The number of dihydropyridines is 1. The molecule has 4 aliphatic heterocycles. The highest BCUT2D eigenvalue weighted by Crippen LogP contribution is 2.58. The Kier molecular flexibility index (Phi) is 4.32. The van der Waals surface area contributed by atoms with Crippen molar-refractivity contribution in [3.05, 3.63) is 58.1 Å². The van der Waals surface area contributed by atoms with Gasteiger partial charge in [-0.05, 0) is 36.3 Å². The minimum Gasteiger partial charge on any atom is -0.370 e. The van der Waals surface area contributed by atoms with Gasteiger partial charge < -0.3 is 15.0 Å². The fraction of sp³-hybridized carbons (Fsp3) is 0.538. The van der Waals surface area contributed by atoms with Gasteiger partial charge in [0.1, 0.15) is 5.60 Å². The lowest BCUT2D eigenvalue weighted by Gasteiger charge is -2.49. The van der Waals surface area contributed by atoms with Crippen molar-refractivity contribution < 1.29 is 14.3 Å². The highest BCUT2D eigenvalue weighted by Gasteiger charge is 2.62. The standard InChI is InChI=1S/C26H30N4O3/c1-16-6-4-5-7-17(16)8-21(32)30-13-25(14-30)12-26(15-33-25)18-11-27-29-23(18)28-19-9-24(2,3)10-20(31)22(19)26/h4-7,28H,8-15H2,1-3H3. The number of ether oxygens (including phenoxy) is 1. The van der Waals surface area contributed by atoms with Crippen LogP contribution in [0.25, 0.3) is 0 Å². The minimum absolute atomic E-state index is 0.0790. The highest BCUT2D eigenvalue weighted by molar-refractivity contribution is 6.00. The number of hydrogen-bond acceptors (Lipinski definition) is 6. The average molecular weight is 447 g/mol. The van der Waals surface area contributed by atoms with E-state index in [9.17, 15) is 9.59 Å². The van der Waals surface area contributed by atoms with Gasteiger partial charge in [0.25, 0.3) is 0 Å². The third-order valence-corrected chi connectivity index (χ3v) is 8.05. The number of allylic oxidation sites excluding steroid dienone is 1. The van der Waals surface area contributed by atoms with E-state index in [4.69, 9.17) is 4.74 Å². The molecule has 4 heterocycles. The predicted octanol–water partition coefficient (Wildman–Crippen LogP) is 3.45. The van der Waals surface area contributed by atoms with E-state index in [1.54, 1.807) is 0 Å². The van der Waals surface area contributed by atoms with Crippen LogP contribution in [0.15, 0.2) is 57.2 Å². The molecule has 6 rings (SSSR count). The minimum atomic E-state index is -0.474. The normalized spacial score (nSPS) is 28.8. The summed E-state index contributed by atoms with van der Waals surface area (Å²) < 4.78 is 6.46. The molecule has 0 saturated carbocycles. The Hall–Kier alpha value is -2.80. The van der Waals surface area contributed by atoms with Crippen molar-refractivity contribution in [3.8, 4) is 0 Å². The van der Waals surface area contributed by atoms with Gasteiger partial charge in [-0.3, -0.25) is 9.59 Å². The number of azo groups is 1. The molecule has 172 valence electrons. The maximum atomic E-state index is 13.4. The lowest BCUT2D eigenvalue weighted by atomic mass is 9.61. The van der Waals surface area contributed by atoms with E-state index in [2.05, 4.69) is 29.4 Å². The van der Waals surface area contributed by atoms with Crippen LogP contribution in [-0.2, 0) is 20.7 Å². The van der Waals surface area contributed by atoms with Crippen LogP contribution in [0.2, 0.25) is 0 Å². The molecule has 33 heavy (non-hydrogen) atoms. The van der Waals surface area contributed by atoms with Gasteiger partial charge in [-0.25, -0.2) is 0 Å². The van der Waals surface area contributed by atoms with E-state index >= 15 is 0 Å². The van der Waals surface area contributed by atoms with Crippen LogP contribution in [0.1, 0.15) is 44.2 Å². The molecule has 1 amide bonds. The number of likely N-dealkylation sites (tertiary alicyclic amines) is 1. The van der Waals surface area contributed by atoms with Crippen LogP contribution in [0.3, 0.4) is 0 Å². The van der Waals surface area contributed by atoms with E-state index in [1.807, 2.05) is 36.1 Å². The number of nitrogens with one attached hydrogen (secondary N) is 1. The Labute approximate surface area is 194 Å². The predicted molar refractivity (Wildman–Crippen MR) is 122 cm³/mol. The summed E-state index contributed by atoms with van der Waals surface area (Å²) >= 11 is 0. The zero-order valence-electron chi connectivity index (χ0n) is 19.5. The van der Waals surface area contributed by atoms with Gasteiger partial charge in [-0.2, -0.15) is 5.11 Å². The maximum absolute atomic E-state index is 13.4. The van der Waals surface area contributed by atoms with E-state index in [-0.39, 0.29) is 17.1 Å². The number of amides is 1. The number of hydrogen-bond donors (Lipinski definition) is 1.